The Bertz CT molecular complexity index is 352. The molecule has 0 spiro atoms. The SMILES string of the molecule is CCCCCCCCCCC(=O)C(=O)C(C)CCCCCCCCCCO. The minimum atomic E-state index is -0.141. The summed E-state index contributed by atoms with van der Waals surface area (Å²) in [5, 5.41) is 8.73. The Hall–Kier alpha value is -0.700. The van der Waals surface area contributed by atoms with E-state index < -0.39 is 0 Å². The lowest BCUT2D eigenvalue weighted by Gasteiger charge is -2.09. The first-order valence-corrected chi connectivity index (χ1v) is 11.8. The normalized spacial score (nSPS) is 12.3. The van der Waals surface area contributed by atoms with Crippen LogP contribution in [-0.2, 0) is 9.59 Å². The van der Waals surface area contributed by atoms with Crippen LogP contribution in [0.25, 0.3) is 0 Å². The summed E-state index contributed by atoms with van der Waals surface area (Å²) in [5.41, 5.74) is 0. The zero-order valence-electron chi connectivity index (χ0n) is 18.3. The van der Waals surface area contributed by atoms with E-state index in [1.807, 2.05) is 6.92 Å². The Morgan fingerprint density at radius 2 is 1.11 bits per heavy atom. The van der Waals surface area contributed by atoms with Crippen LogP contribution in [0, 0.1) is 5.92 Å². The van der Waals surface area contributed by atoms with Crippen LogP contribution in [0.2, 0.25) is 0 Å². The number of carbonyl (C=O) groups is 2. The monoisotopic (exact) mass is 382 g/mol. The summed E-state index contributed by atoms with van der Waals surface area (Å²) in [7, 11) is 0. The largest absolute Gasteiger partial charge is 0.396 e. The molecule has 0 bridgehead atoms. The van der Waals surface area contributed by atoms with Crippen molar-refractivity contribution in [1.29, 1.82) is 0 Å². The second-order valence-corrected chi connectivity index (χ2v) is 8.25. The highest BCUT2D eigenvalue weighted by molar-refractivity contribution is 6.37. The standard InChI is InChI=1S/C24H46O3/c1-3-4-5-6-7-11-14-17-20-23(26)24(27)22(2)19-16-13-10-8-9-12-15-18-21-25/h22,25H,3-21H2,1-2H3. The maximum Gasteiger partial charge on any atom is 0.201 e. The first-order valence-electron chi connectivity index (χ1n) is 11.8. The van der Waals surface area contributed by atoms with Gasteiger partial charge in [-0.05, 0) is 19.3 Å². The third-order valence-electron chi connectivity index (χ3n) is 5.53. The summed E-state index contributed by atoms with van der Waals surface area (Å²) in [6.45, 7) is 4.46. The van der Waals surface area contributed by atoms with E-state index in [-0.39, 0.29) is 17.5 Å². The summed E-state index contributed by atoms with van der Waals surface area (Å²) in [6.07, 6.45) is 20.1. The van der Waals surface area contributed by atoms with Crippen molar-refractivity contribution in [2.75, 3.05) is 6.61 Å². The number of unbranched alkanes of at least 4 members (excludes halogenated alkanes) is 14. The maximum absolute atomic E-state index is 12.2. The second-order valence-electron chi connectivity index (χ2n) is 8.25. The van der Waals surface area contributed by atoms with E-state index in [2.05, 4.69) is 6.92 Å². The second kappa shape index (κ2) is 20.0. The molecule has 0 amide bonds. The van der Waals surface area contributed by atoms with Crippen molar-refractivity contribution in [3.8, 4) is 0 Å². The third kappa shape index (κ3) is 17.1. The van der Waals surface area contributed by atoms with E-state index in [1.165, 1.54) is 64.2 Å². The van der Waals surface area contributed by atoms with Gasteiger partial charge in [0.25, 0.3) is 0 Å². The van der Waals surface area contributed by atoms with Crippen LogP contribution in [0.4, 0.5) is 0 Å². The predicted octanol–water partition coefficient (Wildman–Crippen LogP) is 6.79. The third-order valence-corrected chi connectivity index (χ3v) is 5.53. The topological polar surface area (TPSA) is 54.4 Å². The van der Waals surface area contributed by atoms with Crippen LogP contribution in [0.3, 0.4) is 0 Å². The molecule has 0 rings (SSSR count). The number of aliphatic hydroxyl groups is 1. The molecule has 0 aromatic rings. The van der Waals surface area contributed by atoms with Gasteiger partial charge in [0.1, 0.15) is 0 Å². The van der Waals surface area contributed by atoms with Gasteiger partial charge in [0.05, 0.1) is 0 Å². The molecule has 0 heterocycles. The number of carbonyl (C=O) groups excluding carboxylic acids is 2. The molecule has 3 heteroatoms. The predicted molar refractivity (Wildman–Crippen MR) is 115 cm³/mol. The van der Waals surface area contributed by atoms with E-state index in [9.17, 15) is 9.59 Å². The number of rotatable bonds is 21. The van der Waals surface area contributed by atoms with Gasteiger partial charge in [-0.2, -0.15) is 0 Å². The van der Waals surface area contributed by atoms with E-state index in [0.29, 0.717) is 13.0 Å². The van der Waals surface area contributed by atoms with Crippen molar-refractivity contribution in [3.05, 3.63) is 0 Å². The van der Waals surface area contributed by atoms with Crippen molar-refractivity contribution in [1.82, 2.24) is 0 Å². The highest BCUT2D eigenvalue weighted by Crippen LogP contribution is 2.16. The molecule has 1 N–H and O–H groups in total. The van der Waals surface area contributed by atoms with Gasteiger partial charge >= 0.3 is 0 Å². The molecule has 0 radical (unpaired) electrons. The number of hydrogen-bond donors (Lipinski definition) is 1. The Labute approximate surface area is 168 Å². The van der Waals surface area contributed by atoms with Crippen molar-refractivity contribution >= 4 is 11.6 Å². The number of Topliss-reactive ketones (excluding diaryl/α,β-unsaturated/α-hetero) is 2. The van der Waals surface area contributed by atoms with Crippen molar-refractivity contribution in [3.63, 3.8) is 0 Å². The Morgan fingerprint density at radius 1 is 0.667 bits per heavy atom. The van der Waals surface area contributed by atoms with Crippen LogP contribution in [0.1, 0.15) is 129 Å². The zero-order valence-corrected chi connectivity index (χ0v) is 18.3. The molecule has 0 aliphatic rings. The molecule has 0 aromatic heterocycles. The molecule has 27 heavy (non-hydrogen) atoms. The van der Waals surface area contributed by atoms with Gasteiger partial charge in [-0.15, -0.1) is 0 Å². The zero-order chi connectivity index (χ0) is 20.2. The molecule has 0 aliphatic carbocycles. The average Bonchev–Trinajstić information content (AvgIpc) is 2.67. The van der Waals surface area contributed by atoms with Crippen LogP contribution in [0.15, 0.2) is 0 Å². The highest BCUT2D eigenvalue weighted by Gasteiger charge is 2.20. The van der Waals surface area contributed by atoms with Gasteiger partial charge in [0, 0.05) is 18.9 Å². The highest BCUT2D eigenvalue weighted by atomic mass is 16.3. The average molecular weight is 383 g/mol. The van der Waals surface area contributed by atoms with Crippen LogP contribution in [-0.4, -0.2) is 23.3 Å². The number of ketones is 2. The van der Waals surface area contributed by atoms with Crippen LogP contribution >= 0.6 is 0 Å². The molecule has 0 saturated heterocycles. The molecular formula is C24H46O3. The van der Waals surface area contributed by atoms with E-state index in [0.717, 1.165) is 44.9 Å². The van der Waals surface area contributed by atoms with E-state index >= 15 is 0 Å². The van der Waals surface area contributed by atoms with Crippen molar-refractivity contribution in [2.45, 2.75) is 129 Å². The van der Waals surface area contributed by atoms with Crippen molar-refractivity contribution in [2.24, 2.45) is 5.92 Å². The lowest BCUT2D eigenvalue weighted by atomic mass is 9.93. The van der Waals surface area contributed by atoms with Gasteiger partial charge in [-0.3, -0.25) is 9.59 Å². The lowest BCUT2D eigenvalue weighted by Crippen LogP contribution is -2.21. The summed E-state index contributed by atoms with van der Waals surface area (Å²) < 4.78 is 0. The van der Waals surface area contributed by atoms with Crippen molar-refractivity contribution < 1.29 is 14.7 Å². The molecule has 0 aliphatic heterocycles. The summed E-state index contributed by atoms with van der Waals surface area (Å²) in [4.78, 5) is 24.2. The lowest BCUT2D eigenvalue weighted by molar-refractivity contribution is -0.138. The van der Waals surface area contributed by atoms with Crippen LogP contribution < -0.4 is 0 Å². The minimum Gasteiger partial charge on any atom is -0.396 e. The van der Waals surface area contributed by atoms with Gasteiger partial charge in [-0.1, -0.05) is 104 Å². The molecule has 0 fully saturated rings. The molecule has 3 nitrogen and oxygen atoms in total. The first-order chi connectivity index (χ1) is 13.1. The molecule has 160 valence electrons. The molecule has 0 aromatic carbocycles. The van der Waals surface area contributed by atoms with Gasteiger partial charge in [0.15, 0.2) is 5.78 Å². The molecule has 1 atom stereocenters. The fourth-order valence-electron chi connectivity index (χ4n) is 3.57. The Balaban J connectivity index is 3.54. The van der Waals surface area contributed by atoms with E-state index in [4.69, 9.17) is 5.11 Å². The summed E-state index contributed by atoms with van der Waals surface area (Å²) >= 11 is 0. The molecule has 1 unspecified atom stereocenters. The van der Waals surface area contributed by atoms with Gasteiger partial charge < -0.3 is 5.11 Å². The van der Waals surface area contributed by atoms with Gasteiger partial charge in [-0.25, -0.2) is 0 Å². The molecule has 0 saturated carbocycles. The Kier molecular flexibility index (Phi) is 19.5. The van der Waals surface area contributed by atoms with E-state index in [1.54, 1.807) is 0 Å². The first kappa shape index (κ1) is 26.3. The van der Waals surface area contributed by atoms with Gasteiger partial charge in [0.2, 0.25) is 5.78 Å². The number of hydrogen-bond acceptors (Lipinski definition) is 3. The quantitative estimate of drug-likeness (QED) is 0.175. The summed E-state index contributed by atoms with van der Waals surface area (Å²) in [5.74, 6) is -0.379. The Morgan fingerprint density at radius 3 is 1.63 bits per heavy atom. The summed E-state index contributed by atoms with van der Waals surface area (Å²) in [6, 6.07) is 0. The fraction of sp³-hybridized carbons (Fsp3) is 0.917. The van der Waals surface area contributed by atoms with Crippen LogP contribution in [0.5, 0.6) is 0 Å². The smallest absolute Gasteiger partial charge is 0.201 e. The molecular weight excluding hydrogens is 336 g/mol. The number of aliphatic hydroxyl groups excluding tert-OH is 1. The minimum absolute atomic E-state index is 0.101. The fourth-order valence-corrected chi connectivity index (χ4v) is 3.57. The maximum atomic E-state index is 12.2.